The molecule has 0 unspecified atom stereocenters. The second kappa shape index (κ2) is 7.25. The molecular formula is C17H8Cl2FNO2S2. The van der Waals surface area contributed by atoms with Crippen LogP contribution in [0.3, 0.4) is 0 Å². The highest BCUT2D eigenvalue weighted by Gasteiger charge is 2.38. The van der Waals surface area contributed by atoms with Gasteiger partial charge >= 0.3 is 0 Å². The van der Waals surface area contributed by atoms with Crippen LogP contribution >= 0.6 is 47.2 Å². The maximum absolute atomic E-state index is 13.8. The molecule has 0 aromatic heterocycles. The van der Waals surface area contributed by atoms with Crippen molar-refractivity contribution in [1.82, 2.24) is 4.90 Å². The summed E-state index contributed by atoms with van der Waals surface area (Å²) in [5.41, 5.74) is 0.342. The molecule has 2 aromatic rings. The van der Waals surface area contributed by atoms with Crippen molar-refractivity contribution < 1.29 is 14.0 Å². The molecule has 1 aliphatic heterocycles. The highest BCUT2D eigenvalue weighted by atomic mass is 35.5. The predicted molar refractivity (Wildman–Crippen MR) is 102 cm³/mol. The number of hydrogen-bond acceptors (Lipinski definition) is 4. The number of imide groups is 1. The van der Waals surface area contributed by atoms with Crippen LogP contribution in [0.4, 0.5) is 4.39 Å². The third-order valence-electron chi connectivity index (χ3n) is 3.35. The average Bonchev–Trinajstić information content (AvgIpc) is 2.84. The van der Waals surface area contributed by atoms with Crippen LogP contribution in [-0.4, -0.2) is 21.0 Å². The van der Waals surface area contributed by atoms with Crippen molar-refractivity contribution in [3.8, 4) is 0 Å². The standard InChI is InChI=1S/C17H8Cl2FNO2S2/c18-10-6-5-9(12(19)8-10)7-14-16(23)21(17(24)25-14)15(22)11-3-1-2-4-13(11)20/h1-8H. The Morgan fingerprint density at radius 3 is 2.60 bits per heavy atom. The van der Waals surface area contributed by atoms with Crippen LogP contribution in [0.2, 0.25) is 10.0 Å². The molecule has 1 fully saturated rings. The van der Waals surface area contributed by atoms with Gasteiger partial charge in [-0.15, -0.1) is 0 Å². The van der Waals surface area contributed by atoms with Crippen LogP contribution in [0.1, 0.15) is 15.9 Å². The third-order valence-corrected chi connectivity index (χ3v) is 5.21. The third kappa shape index (κ3) is 3.62. The fraction of sp³-hybridized carbons (Fsp3) is 0. The van der Waals surface area contributed by atoms with Gasteiger partial charge in [-0.05, 0) is 35.9 Å². The molecule has 0 spiro atoms. The molecular weight excluding hydrogens is 404 g/mol. The highest BCUT2D eigenvalue weighted by Crippen LogP contribution is 2.35. The van der Waals surface area contributed by atoms with E-state index in [2.05, 4.69) is 0 Å². The fourth-order valence-electron chi connectivity index (χ4n) is 2.16. The minimum atomic E-state index is -0.800. The van der Waals surface area contributed by atoms with Gasteiger partial charge in [0.2, 0.25) is 0 Å². The van der Waals surface area contributed by atoms with Crippen LogP contribution in [0, 0.1) is 5.82 Å². The smallest absolute Gasteiger partial charge is 0.268 e. The van der Waals surface area contributed by atoms with E-state index in [9.17, 15) is 14.0 Å². The largest absolute Gasteiger partial charge is 0.273 e. The van der Waals surface area contributed by atoms with Crippen molar-refractivity contribution in [3.05, 3.63) is 74.4 Å². The number of halogens is 3. The van der Waals surface area contributed by atoms with Crippen LogP contribution < -0.4 is 0 Å². The molecule has 2 amide bonds. The molecule has 1 saturated heterocycles. The summed E-state index contributed by atoms with van der Waals surface area (Å²) in [6.45, 7) is 0. The lowest BCUT2D eigenvalue weighted by Crippen LogP contribution is -2.35. The zero-order valence-electron chi connectivity index (χ0n) is 12.3. The Morgan fingerprint density at radius 1 is 1.20 bits per heavy atom. The Morgan fingerprint density at radius 2 is 1.92 bits per heavy atom. The van der Waals surface area contributed by atoms with Gasteiger partial charge in [-0.3, -0.25) is 9.59 Å². The highest BCUT2D eigenvalue weighted by molar-refractivity contribution is 8.26. The Hall–Kier alpha value is -1.73. The lowest BCUT2D eigenvalue weighted by atomic mass is 10.1. The van der Waals surface area contributed by atoms with E-state index in [1.54, 1.807) is 18.2 Å². The molecule has 0 N–H and O–H groups in total. The molecule has 1 heterocycles. The van der Waals surface area contributed by atoms with E-state index < -0.39 is 17.6 Å². The topological polar surface area (TPSA) is 37.4 Å². The van der Waals surface area contributed by atoms with Gasteiger partial charge in [-0.2, -0.15) is 0 Å². The second-order valence-electron chi connectivity index (χ2n) is 4.97. The predicted octanol–water partition coefficient (Wildman–Crippen LogP) is 5.17. The van der Waals surface area contributed by atoms with E-state index in [1.807, 2.05) is 0 Å². The molecule has 0 saturated carbocycles. The van der Waals surface area contributed by atoms with E-state index >= 15 is 0 Å². The summed E-state index contributed by atoms with van der Waals surface area (Å²) in [5, 5.41) is 0.822. The summed E-state index contributed by atoms with van der Waals surface area (Å²) in [4.78, 5) is 26.1. The number of carbonyl (C=O) groups excluding carboxylic acids is 2. The summed E-state index contributed by atoms with van der Waals surface area (Å²) in [5.74, 6) is -2.13. The first-order valence-corrected chi connectivity index (χ1v) is 8.88. The van der Waals surface area contributed by atoms with Crippen molar-refractivity contribution in [2.45, 2.75) is 0 Å². The Kier molecular flexibility index (Phi) is 5.24. The van der Waals surface area contributed by atoms with E-state index in [1.165, 1.54) is 24.3 Å². The van der Waals surface area contributed by atoms with Crippen molar-refractivity contribution in [2.24, 2.45) is 0 Å². The quantitative estimate of drug-likeness (QED) is 0.387. The molecule has 2 aromatic carbocycles. The van der Waals surface area contributed by atoms with Crippen molar-refractivity contribution in [1.29, 1.82) is 0 Å². The Labute approximate surface area is 162 Å². The summed E-state index contributed by atoms with van der Waals surface area (Å²) >= 11 is 18.0. The van der Waals surface area contributed by atoms with Crippen LogP contribution in [0.25, 0.3) is 6.08 Å². The molecule has 0 aliphatic carbocycles. The van der Waals surface area contributed by atoms with Crippen molar-refractivity contribution in [2.75, 3.05) is 0 Å². The normalized spacial score (nSPS) is 16.0. The number of hydrogen-bond donors (Lipinski definition) is 0. The molecule has 0 bridgehead atoms. The van der Waals surface area contributed by atoms with Gasteiger partial charge in [-0.25, -0.2) is 9.29 Å². The molecule has 25 heavy (non-hydrogen) atoms. The number of benzene rings is 2. The Balaban J connectivity index is 1.94. The van der Waals surface area contributed by atoms with E-state index in [0.29, 0.717) is 15.6 Å². The zero-order valence-corrected chi connectivity index (χ0v) is 15.5. The molecule has 8 heteroatoms. The number of carbonyl (C=O) groups is 2. The van der Waals surface area contributed by atoms with Gasteiger partial charge in [0.1, 0.15) is 5.82 Å². The Bertz CT molecular complexity index is 946. The first-order chi connectivity index (χ1) is 11.9. The average molecular weight is 412 g/mol. The minimum Gasteiger partial charge on any atom is -0.268 e. The summed E-state index contributed by atoms with van der Waals surface area (Å²) in [6, 6.07) is 10.2. The van der Waals surface area contributed by atoms with Gasteiger partial charge in [0.05, 0.1) is 10.5 Å². The van der Waals surface area contributed by atoms with Gasteiger partial charge in [0, 0.05) is 10.0 Å². The summed E-state index contributed by atoms with van der Waals surface area (Å²) < 4.78 is 13.9. The van der Waals surface area contributed by atoms with Crippen LogP contribution in [0.15, 0.2) is 47.4 Å². The van der Waals surface area contributed by atoms with E-state index in [4.69, 9.17) is 35.4 Å². The maximum Gasteiger partial charge on any atom is 0.273 e. The molecule has 3 nitrogen and oxygen atoms in total. The zero-order chi connectivity index (χ0) is 18.1. The maximum atomic E-state index is 13.8. The fourth-order valence-corrected chi connectivity index (χ4v) is 3.87. The lowest BCUT2D eigenvalue weighted by Gasteiger charge is -2.12. The van der Waals surface area contributed by atoms with Crippen molar-refractivity contribution >= 4 is 69.4 Å². The van der Waals surface area contributed by atoms with Gasteiger partial charge < -0.3 is 0 Å². The summed E-state index contributed by atoms with van der Waals surface area (Å²) in [7, 11) is 0. The van der Waals surface area contributed by atoms with Gasteiger partial charge in [-0.1, -0.05) is 65.4 Å². The first kappa shape index (κ1) is 18.1. The number of thioether (sulfide) groups is 1. The molecule has 126 valence electrons. The molecule has 3 rings (SSSR count). The van der Waals surface area contributed by atoms with E-state index in [0.717, 1.165) is 22.7 Å². The molecule has 1 aliphatic rings. The van der Waals surface area contributed by atoms with E-state index in [-0.39, 0.29) is 14.8 Å². The number of nitrogens with zero attached hydrogens (tertiary/aromatic N) is 1. The van der Waals surface area contributed by atoms with Gasteiger partial charge in [0.25, 0.3) is 11.8 Å². The van der Waals surface area contributed by atoms with Gasteiger partial charge in [0.15, 0.2) is 4.32 Å². The number of rotatable bonds is 2. The van der Waals surface area contributed by atoms with Crippen LogP contribution in [-0.2, 0) is 4.79 Å². The lowest BCUT2D eigenvalue weighted by molar-refractivity contribution is -0.120. The first-order valence-electron chi connectivity index (χ1n) is 6.90. The minimum absolute atomic E-state index is 0.0367. The van der Waals surface area contributed by atoms with Crippen LogP contribution in [0.5, 0.6) is 0 Å². The molecule has 0 radical (unpaired) electrons. The van der Waals surface area contributed by atoms with Crippen molar-refractivity contribution in [3.63, 3.8) is 0 Å². The molecule has 0 atom stereocenters. The number of amides is 2. The SMILES string of the molecule is O=C1C(=Cc2ccc(Cl)cc2Cl)SC(=S)N1C(=O)c1ccccc1F. The monoisotopic (exact) mass is 411 g/mol. The second-order valence-corrected chi connectivity index (χ2v) is 7.49. The number of thiocarbonyl (C=S) groups is 1. The summed E-state index contributed by atoms with van der Waals surface area (Å²) in [6.07, 6.45) is 1.52.